The van der Waals surface area contributed by atoms with Gasteiger partial charge in [-0.05, 0) is 6.92 Å². The zero-order valence-electron chi connectivity index (χ0n) is 11.6. The molecular weight excluding hydrogens is 274 g/mol. The van der Waals surface area contributed by atoms with Gasteiger partial charge < -0.3 is 20.9 Å². The van der Waals surface area contributed by atoms with Crippen molar-refractivity contribution in [1.29, 1.82) is 0 Å². The first-order valence-corrected chi connectivity index (χ1v) is 6.37. The van der Waals surface area contributed by atoms with Gasteiger partial charge in [0, 0.05) is 31.2 Å². The summed E-state index contributed by atoms with van der Waals surface area (Å²) in [6.07, 6.45) is 8.17. The van der Waals surface area contributed by atoms with Gasteiger partial charge in [0.05, 0.1) is 18.2 Å². The minimum atomic E-state index is -0.497. The van der Waals surface area contributed by atoms with Crippen molar-refractivity contribution in [2.24, 2.45) is 5.73 Å². The molecule has 21 heavy (non-hydrogen) atoms. The Balaban J connectivity index is 1.81. The largest absolute Gasteiger partial charge is 0.368 e. The average molecular weight is 291 g/mol. The Morgan fingerprint density at radius 3 is 2.95 bits per heavy atom. The van der Waals surface area contributed by atoms with Gasteiger partial charge in [0.2, 0.25) is 5.91 Å². The van der Waals surface area contributed by atoms with Gasteiger partial charge in [-0.1, -0.05) is 0 Å². The summed E-state index contributed by atoms with van der Waals surface area (Å²) in [7, 11) is 0. The molecule has 2 aromatic rings. The number of primary amides is 1. The summed E-state index contributed by atoms with van der Waals surface area (Å²) in [4.78, 5) is 26.5. The number of carbonyl (C=O) groups excluding carboxylic acids is 2. The monoisotopic (exact) mass is 291 g/mol. The van der Waals surface area contributed by atoms with E-state index in [0.717, 1.165) is 0 Å². The highest BCUT2D eigenvalue weighted by atomic mass is 16.2. The van der Waals surface area contributed by atoms with E-state index >= 15 is 0 Å². The lowest BCUT2D eigenvalue weighted by atomic mass is 10.3. The van der Waals surface area contributed by atoms with Gasteiger partial charge in [-0.3, -0.25) is 9.48 Å². The number of rotatable bonds is 6. The molecule has 4 N–H and O–H groups in total. The predicted octanol–water partition coefficient (Wildman–Crippen LogP) is -0.225. The van der Waals surface area contributed by atoms with Crippen LogP contribution >= 0.6 is 0 Å². The molecule has 0 aliphatic heterocycles. The number of imidazole rings is 1. The first kappa shape index (κ1) is 14.6. The van der Waals surface area contributed by atoms with Crippen LogP contribution in [0.25, 0.3) is 0 Å². The number of carbonyl (C=O) groups is 2. The Kier molecular flexibility index (Phi) is 4.54. The van der Waals surface area contributed by atoms with Gasteiger partial charge in [0.25, 0.3) is 0 Å². The maximum atomic E-state index is 11.8. The van der Waals surface area contributed by atoms with Crippen molar-refractivity contribution in [3.8, 4) is 0 Å². The van der Waals surface area contributed by atoms with Crippen LogP contribution < -0.4 is 16.4 Å². The molecule has 2 rings (SSSR count). The van der Waals surface area contributed by atoms with Gasteiger partial charge in [0.1, 0.15) is 6.54 Å². The zero-order valence-corrected chi connectivity index (χ0v) is 11.6. The third-order valence-electron chi connectivity index (χ3n) is 2.63. The number of urea groups is 1. The van der Waals surface area contributed by atoms with Crippen molar-refractivity contribution in [2.45, 2.75) is 26.1 Å². The van der Waals surface area contributed by atoms with Crippen LogP contribution in [0, 0.1) is 0 Å². The lowest BCUT2D eigenvalue weighted by Crippen LogP contribution is -2.38. The van der Waals surface area contributed by atoms with Gasteiger partial charge >= 0.3 is 6.03 Å². The summed E-state index contributed by atoms with van der Waals surface area (Å²) in [5, 5.41) is 9.34. The molecule has 2 heterocycles. The van der Waals surface area contributed by atoms with Crippen LogP contribution in [0.3, 0.4) is 0 Å². The van der Waals surface area contributed by atoms with E-state index in [2.05, 4.69) is 20.7 Å². The summed E-state index contributed by atoms with van der Waals surface area (Å²) in [5.41, 5.74) is 5.55. The van der Waals surface area contributed by atoms with E-state index in [1.54, 1.807) is 12.5 Å². The average Bonchev–Trinajstić information content (AvgIpc) is 3.00. The van der Waals surface area contributed by atoms with E-state index in [4.69, 9.17) is 5.73 Å². The molecule has 0 saturated carbocycles. The molecule has 0 aliphatic rings. The molecule has 2 aromatic heterocycles. The summed E-state index contributed by atoms with van der Waals surface area (Å²) >= 11 is 0. The highest BCUT2D eigenvalue weighted by molar-refractivity contribution is 5.89. The van der Waals surface area contributed by atoms with Crippen molar-refractivity contribution < 1.29 is 9.59 Å². The Bertz CT molecular complexity index is 605. The number of nitrogens with two attached hydrogens (primary N) is 1. The van der Waals surface area contributed by atoms with Crippen LogP contribution in [0.15, 0.2) is 31.1 Å². The first-order valence-electron chi connectivity index (χ1n) is 6.37. The molecule has 0 saturated heterocycles. The summed E-state index contributed by atoms with van der Waals surface area (Å²) in [6.45, 7) is 2.48. The minimum absolute atomic E-state index is 0.0274. The standard InChI is InChI=1S/C12H17N7O2/c1-9(5-18-3-2-14-8-18)16-12(21)17-10-4-15-19(6-10)7-11(13)20/h2-4,6,8-9H,5,7H2,1H3,(H2,13,20)(H2,16,17,21). The smallest absolute Gasteiger partial charge is 0.319 e. The van der Waals surface area contributed by atoms with Crippen LogP contribution in [0.1, 0.15) is 6.92 Å². The van der Waals surface area contributed by atoms with E-state index in [0.29, 0.717) is 12.2 Å². The normalized spacial score (nSPS) is 11.9. The third-order valence-corrected chi connectivity index (χ3v) is 2.63. The van der Waals surface area contributed by atoms with Crippen LogP contribution in [0.4, 0.5) is 10.5 Å². The second-order valence-corrected chi connectivity index (χ2v) is 4.65. The Morgan fingerprint density at radius 2 is 2.29 bits per heavy atom. The summed E-state index contributed by atoms with van der Waals surface area (Å²) < 4.78 is 3.22. The second-order valence-electron chi connectivity index (χ2n) is 4.65. The predicted molar refractivity (Wildman–Crippen MR) is 75.3 cm³/mol. The molecule has 0 bridgehead atoms. The van der Waals surface area contributed by atoms with Gasteiger partial charge in [-0.25, -0.2) is 9.78 Å². The van der Waals surface area contributed by atoms with Crippen molar-refractivity contribution in [1.82, 2.24) is 24.6 Å². The Morgan fingerprint density at radius 1 is 1.48 bits per heavy atom. The molecule has 112 valence electrons. The maximum Gasteiger partial charge on any atom is 0.319 e. The van der Waals surface area contributed by atoms with Gasteiger partial charge in [-0.15, -0.1) is 0 Å². The molecule has 0 radical (unpaired) electrons. The third kappa shape index (κ3) is 4.64. The molecular formula is C12H17N7O2. The molecule has 1 unspecified atom stereocenters. The number of amides is 3. The zero-order chi connectivity index (χ0) is 15.2. The van der Waals surface area contributed by atoms with Crippen LogP contribution in [-0.2, 0) is 17.9 Å². The van der Waals surface area contributed by atoms with E-state index < -0.39 is 5.91 Å². The van der Waals surface area contributed by atoms with Gasteiger partial charge in [0.15, 0.2) is 0 Å². The number of anilines is 1. The lowest BCUT2D eigenvalue weighted by Gasteiger charge is -2.14. The van der Waals surface area contributed by atoms with Crippen molar-refractivity contribution in [3.05, 3.63) is 31.1 Å². The minimum Gasteiger partial charge on any atom is -0.368 e. The first-order chi connectivity index (χ1) is 10.0. The fourth-order valence-corrected chi connectivity index (χ4v) is 1.82. The number of hydrogen-bond donors (Lipinski definition) is 3. The summed E-state index contributed by atoms with van der Waals surface area (Å²) in [5.74, 6) is -0.497. The molecule has 1 atom stereocenters. The lowest BCUT2D eigenvalue weighted by molar-refractivity contribution is -0.118. The second kappa shape index (κ2) is 6.55. The van der Waals surface area contributed by atoms with Crippen LogP contribution in [-0.4, -0.2) is 37.3 Å². The molecule has 0 fully saturated rings. The van der Waals surface area contributed by atoms with Crippen molar-refractivity contribution in [3.63, 3.8) is 0 Å². The van der Waals surface area contributed by atoms with Crippen molar-refractivity contribution in [2.75, 3.05) is 5.32 Å². The number of hydrogen-bond acceptors (Lipinski definition) is 4. The van der Waals surface area contributed by atoms with Gasteiger partial charge in [-0.2, -0.15) is 5.10 Å². The highest BCUT2D eigenvalue weighted by Crippen LogP contribution is 2.04. The van der Waals surface area contributed by atoms with Crippen LogP contribution in [0.2, 0.25) is 0 Å². The van der Waals surface area contributed by atoms with Crippen molar-refractivity contribution >= 4 is 17.6 Å². The number of nitrogens with one attached hydrogen (secondary N) is 2. The number of aromatic nitrogens is 4. The fourth-order valence-electron chi connectivity index (χ4n) is 1.82. The maximum absolute atomic E-state index is 11.8. The van der Waals surface area contributed by atoms with Crippen LogP contribution in [0.5, 0.6) is 0 Å². The molecule has 0 spiro atoms. The molecule has 3 amide bonds. The summed E-state index contributed by atoms with van der Waals surface area (Å²) in [6, 6.07) is -0.416. The topological polar surface area (TPSA) is 120 Å². The van der Waals surface area contributed by atoms with E-state index in [1.807, 2.05) is 17.7 Å². The van der Waals surface area contributed by atoms with E-state index in [-0.39, 0.29) is 18.6 Å². The molecule has 0 aromatic carbocycles. The van der Waals surface area contributed by atoms with E-state index in [9.17, 15) is 9.59 Å². The number of nitrogens with zero attached hydrogens (tertiary/aromatic N) is 4. The molecule has 9 nitrogen and oxygen atoms in total. The van der Waals surface area contributed by atoms with E-state index in [1.165, 1.54) is 17.1 Å². The highest BCUT2D eigenvalue weighted by Gasteiger charge is 2.09. The SMILES string of the molecule is CC(Cn1ccnc1)NC(=O)Nc1cnn(CC(N)=O)c1. The molecule has 9 heteroatoms. The molecule has 0 aliphatic carbocycles. The Labute approximate surface area is 121 Å². The quantitative estimate of drug-likeness (QED) is 0.681. The fraction of sp³-hybridized carbons (Fsp3) is 0.333. The Hall–Kier alpha value is -2.84.